The van der Waals surface area contributed by atoms with Gasteiger partial charge >= 0.3 is 6.09 Å². The molecule has 3 atom stereocenters. The Morgan fingerprint density at radius 2 is 1.58 bits per heavy atom. The summed E-state index contributed by atoms with van der Waals surface area (Å²) in [5.41, 5.74) is 0.0555. The third kappa shape index (κ3) is 9.44. The predicted molar refractivity (Wildman–Crippen MR) is 132 cm³/mol. The van der Waals surface area contributed by atoms with Gasteiger partial charge in [0, 0.05) is 12.6 Å². The Bertz CT molecular complexity index is 759. The van der Waals surface area contributed by atoms with Crippen LogP contribution >= 0.6 is 0 Å². The zero-order valence-corrected chi connectivity index (χ0v) is 21.6. The SMILES string of the molecule is CCCC(C)NC(=O)C(c1ccccc1)N(CCC)C(=O)C(NC(=O)OC(C)(C)C)C(C)C. The quantitative estimate of drug-likeness (QED) is 0.494. The number of ether oxygens (including phenoxy) is 1. The summed E-state index contributed by atoms with van der Waals surface area (Å²) in [5, 5.41) is 5.80. The predicted octanol–water partition coefficient (Wildman–Crippen LogP) is 4.82. The van der Waals surface area contributed by atoms with Crippen molar-refractivity contribution in [3.8, 4) is 0 Å². The molecule has 0 spiro atoms. The van der Waals surface area contributed by atoms with Gasteiger partial charge in [-0.1, -0.05) is 64.4 Å². The Kier molecular flexibility index (Phi) is 11.4. The van der Waals surface area contributed by atoms with Gasteiger partial charge in [-0.3, -0.25) is 9.59 Å². The maximum Gasteiger partial charge on any atom is 0.408 e. The van der Waals surface area contributed by atoms with Crippen molar-refractivity contribution in [2.75, 3.05) is 6.54 Å². The number of nitrogens with one attached hydrogen (secondary N) is 2. The van der Waals surface area contributed by atoms with E-state index in [1.54, 1.807) is 25.7 Å². The first-order chi connectivity index (χ1) is 15.4. The first-order valence-electron chi connectivity index (χ1n) is 12.1. The minimum Gasteiger partial charge on any atom is -0.444 e. The number of hydrogen-bond acceptors (Lipinski definition) is 4. The molecule has 1 rings (SSSR count). The summed E-state index contributed by atoms with van der Waals surface area (Å²) in [4.78, 5) is 41.3. The molecule has 0 saturated heterocycles. The van der Waals surface area contributed by atoms with E-state index >= 15 is 0 Å². The molecule has 0 bridgehead atoms. The molecule has 0 radical (unpaired) electrons. The van der Waals surface area contributed by atoms with Crippen molar-refractivity contribution in [2.45, 2.75) is 98.4 Å². The molecule has 0 fully saturated rings. The van der Waals surface area contributed by atoms with E-state index in [1.165, 1.54) is 0 Å². The fourth-order valence-corrected chi connectivity index (χ4v) is 3.67. The van der Waals surface area contributed by atoms with Gasteiger partial charge < -0.3 is 20.3 Å². The molecule has 0 aliphatic carbocycles. The molecule has 1 aromatic carbocycles. The summed E-state index contributed by atoms with van der Waals surface area (Å²) >= 11 is 0. The van der Waals surface area contributed by atoms with Crippen LogP contribution in [0.4, 0.5) is 4.79 Å². The fraction of sp³-hybridized carbons (Fsp3) is 0.654. The van der Waals surface area contributed by atoms with Gasteiger partial charge in [0.2, 0.25) is 11.8 Å². The molecule has 33 heavy (non-hydrogen) atoms. The molecule has 3 amide bonds. The van der Waals surface area contributed by atoms with Gasteiger partial charge in [-0.25, -0.2) is 4.79 Å². The van der Waals surface area contributed by atoms with E-state index in [4.69, 9.17) is 4.74 Å². The van der Waals surface area contributed by atoms with E-state index in [0.717, 1.165) is 18.4 Å². The van der Waals surface area contributed by atoms with E-state index in [0.29, 0.717) is 13.0 Å². The fourth-order valence-electron chi connectivity index (χ4n) is 3.67. The molecule has 7 heteroatoms. The highest BCUT2D eigenvalue weighted by molar-refractivity contribution is 5.92. The molecule has 7 nitrogen and oxygen atoms in total. The highest BCUT2D eigenvalue weighted by Gasteiger charge is 2.37. The minimum absolute atomic E-state index is 0.00641. The van der Waals surface area contributed by atoms with E-state index < -0.39 is 23.8 Å². The molecular weight excluding hydrogens is 418 g/mol. The van der Waals surface area contributed by atoms with E-state index in [2.05, 4.69) is 17.6 Å². The summed E-state index contributed by atoms with van der Waals surface area (Å²) in [7, 11) is 0. The lowest BCUT2D eigenvalue weighted by Gasteiger charge is -2.36. The maximum atomic E-state index is 13.8. The monoisotopic (exact) mass is 461 g/mol. The van der Waals surface area contributed by atoms with Gasteiger partial charge in [0.25, 0.3) is 0 Å². The highest BCUT2D eigenvalue weighted by atomic mass is 16.6. The lowest BCUT2D eigenvalue weighted by atomic mass is 9.98. The number of benzene rings is 1. The number of rotatable bonds is 11. The summed E-state index contributed by atoms with van der Waals surface area (Å²) < 4.78 is 5.38. The molecule has 2 N–H and O–H groups in total. The van der Waals surface area contributed by atoms with Crippen LogP contribution in [0.25, 0.3) is 0 Å². The molecule has 1 aromatic rings. The van der Waals surface area contributed by atoms with Crippen molar-refractivity contribution < 1.29 is 19.1 Å². The van der Waals surface area contributed by atoms with Crippen molar-refractivity contribution in [3.63, 3.8) is 0 Å². The standard InChI is InChI=1S/C26H43N3O4/c1-9-14-19(5)27-23(30)22(20-15-12-11-13-16-20)29(17-10-2)24(31)21(18(3)4)28-25(32)33-26(6,7)8/h11-13,15-16,18-19,21-22H,9-10,14,17H2,1-8H3,(H,27,30)(H,28,32). The van der Waals surface area contributed by atoms with E-state index in [9.17, 15) is 14.4 Å². The Morgan fingerprint density at radius 3 is 2.06 bits per heavy atom. The summed E-state index contributed by atoms with van der Waals surface area (Å²) in [6, 6.07) is 7.70. The number of hydrogen-bond donors (Lipinski definition) is 2. The zero-order valence-electron chi connectivity index (χ0n) is 21.6. The second kappa shape index (κ2) is 13.2. The lowest BCUT2D eigenvalue weighted by molar-refractivity contribution is -0.143. The van der Waals surface area contributed by atoms with Crippen molar-refractivity contribution >= 4 is 17.9 Å². The second-order valence-electron chi connectivity index (χ2n) is 9.91. The second-order valence-corrected chi connectivity index (χ2v) is 9.91. The average molecular weight is 462 g/mol. The first kappa shape index (κ1) is 28.5. The molecule has 3 unspecified atom stereocenters. The first-order valence-corrected chi connectivity index (χ1v) is 12.1. The summed E-state index contributed by atoms with van der Waals surface area (Å²) in [5.74, 6) is -0.712. The summed E-state index contributed by atoms with van der Waals surface area (Å²) in [6.07, 6.45) is 1.82. The third-order valence-corrected chi connectivity index (χ3v) is 5.14. The van der Waals surface area contributed by atoms with Crippen LogP contribution in [0.2, 0.25) is 0 Å². The Balaban J connectivity index is 3.32. The molecule has 0 saturated carbocycles. The van der Waals surface area contributed by atoms with Gasteiger partial charge in [-0.15, -0.1) is 0 Å². The van der Waals surface area contributed by atoms with E-state index in [-0.39, 0.29) is 23.8 Å². The van der Waals surface area contributed by atoms with Crippen molar-refractivity contribution in [2.24, 2.45) is 5.92 Å². The van der Waals surface area contributed by atoms with Crippen molar-refractivity contribution in [3.05, 3.63) is 35.9 Å². The van der Waals surface area contributed by atoms with Crippen LogP contribution in [0.5, 0.6) is 0 Å². The van der Waals surface area contributed by atoms with Crippen LogP contribution in [-0.4, -0.2) is 47.0 Å². The minimum atomic E-state index is -0.821. The lowest BCUT2D eigenvalue weighted by Crippen LogP contribution is -2.55. The average Bonchev–Trinajstić information content (AvgIpc) is 2.70. The Morgan fingerprint density at radius 1 is 0.970 bits per heavy atom. The summed E-state index contributed by atoms with van der Waals surface area (Å²) in [6.45, 7) is 15.4. The van der Waals surface area contributed by atoms with Crippen LogP contribution in [0.15, 0.2) is 30.3 Å². The molecule has 186 valence electrons. The number of carbonyl (C=O) groups is 3. The number of amides is 3. The third-order valence-electron chi connectivity index (χ3n) is 5.14. The van der Waals surface area contributed by atoms with Crippen LogP contribution in [0.3, 0.4) is 0 Å². The van der Waals surface area contributed by atoms with Gasteiger partial charge in [0.1, 0.15) is 17.7 Å². The maximum absolute atomic E-state index is 13.8. The molecule has 0 heterocycles. The van der Waals surface area contributed by atoms with Crippen molar-refractivity contribution in [1.82, 2.24) is 15.5 Å². The smallest absolute Gasteiger partial charge is 0.408 e. The van der Waals surface area contributed by atoms with Gasteiger partial charge in [-0.2, -0.15) is 0 Å². The number of carbonyl (C=O) groups excluding carboxylic acids is 3. The molecule has 0 aromatic heterocycles. The van der Waals surface area contributed by atoms with Crippen LogP contribution in [0, 0.1) is 5.92 Å². The normalized spacial score (nSPS) is 14.2. The Hall–Kier alpha value is -2.57. The highest BCUT2D eigenvalue weighted by Crippen LogP contribution is 2.24. The van der Waals surface area contributed by atoms with Crippen LogP contribution < -0.4 is 10.6 Å². The van der Waals surface area contributed by atoms with E-state index in [1.807, 2.05) is 58.0 Å². The van der Waals surface area contributed by atoms with Gasteiger partial charge in [0.15, 0.2) is 0 Å². The topological polar surface area (TPSA) is 87.7 Å². The van der Waals surface area contributed by atoms with Gasteiger partial charge in [-0.05, 0) is 52.0 Å². The van der Waals surface area contributed by atoms with Crippen molar-refractivity contribution in [1.29, 1.82) is 0 Å². The van der Waals surface area contributed by atoms with Crippen LogP contribution in [-0.2, 0) is 14.3 Å². The van der Waals surface area contributed by atoms with Gasteiger partial charge in [0.05, 0.1) is 0 Å². The largest absolute Gasteiger partial charge is 0.444 e. The number of alkyl carbamates (subject to hydrolysis) is 1. The zero-order chi connectivity index (χ0) is 25.2. The Labute approximate surface area is 199 Å². The molecule has 0 aliphatic heterocycles. The van der Waals surface area contributed by atoms with Crippen LogP contribution in [0.1, 0.15) is 86.3 Å². The number of nitrogens with zero attached hydrogens (tertiary/aromatic N) is 1. The molecular formula is C26H43N3O4. The molecule has 0 aliphatic rings.